The van der Waals surface area contributed by atoms with Crippen molar-refractivity contribution in [1.29, 1.82) is 0 Å². The number of fused-ring (bicyclic) bond motifs is 3. The van der Waals surface area contributed by atoms with Crippen LogP contribution in [0.5, 0.6) is 11.5 Å². The maximum absolute atomic E-state index is 12.8. The molecular formula is C43H34Cl2N2O4. The Morgan fingerprint density at radius 2 is 0.941 bits per heavy atom. The van der Waals surface area contributed by atoms with Crippen molar-refractivity contribution in [1.82, 2.24) is 0 Å². The quantitative estimate of drug-likeness (QED) is 0.148. The summed E-state index contributed by atoms with van der Waals surface area (Å²) in [4.78, 5) is 25.7. The fourth-order valence-electron chi connectivity index (χ4n) is 6.74. The number of benzene rings is 6. The van der Waals surface area contributed by atoms with Crippen LogP contribution in [-0.4, -0.2) is 25.0 Å². The van der Waals surface area contributed by atoms with Crippen LogP contribution in [-0.2, 0) is 15.0 Å². The van der Waals surface area contributed by atoms with Gasteiger partial charge in [-0.25, -0.2) is 0 Å². The third-order valence-corrected chi connectivity index (χ3v) is 10.0. The Labute approximate surface area is 307 Å². The highest BCUT2D eigenvalue weighted by Gasteiger charge is 2.45. The lowest BCUT2D eigenvalue weighted by molar-refractivity contribution is -0.118. The Kier molecular flexibility index (Phi) is 9.54. The van der Waals surface area contributed by atoms with Crippen molar-refractivity contribution < 1.29 is 19.1 Å². The molecule has 1 aliphatic rings. The van der Waals surface area contributed by atoms with Crippen molar-refractivity contribution in [2.45, 2.75) is 19.3 Å². The fraction of sp³-hybridized carbons (Fsp3) is 0.116. The van der Waals surface area contributed by atoms with Crippen LogP contribution in [0.15, 0.2) is 133 Å². The molecule has 0 spiro atoms. The minimum absolute atomic E-state index is 0.136. The zero-order valence-electron chi connectivity index (χ0n) is 28.0. The molecule has 0 bridgehead atoms. The summed E-state index contributed by atoms with van der Waals surface area (Å²) in [5.74, 6) is 0.616. The van der Waals surface area contributed by atoms with Crippen molar-refractivity contribution in [2.24, 2.45) is 0 Å². The van der Waals surface area contributed by atoms with Crippen molar-refractivity contribution >= 4 is 46.4 Å². The van der Waals surface area contributed by atoms with Crippen molar-refractivity contribution in [3.63, 3.8) is 0 Å². The van der Waals surface area contributed by atoms with Gasteiger partial charge in [0.05, 0.1) is 5.41 Å². The molecule has 0 saturated heterocycles. The Balaban J connectivity index is 1.15. The lowest BCUT2D eigenvalue weighted by atomic mass is 9.67. The average molecular weight is 714 g/mol. The lowest BCUT2D eigenvalue weighted by Gasteiger charge is -2.34. The number of hydrogen-bond donors (Lipinski definition) is 2. The SMILES string of the molecule is Cc1cc(OCC(=O)Nc2ccc(C3(c4ccc(NC(=O)COc5ccc(Cl)c(C)c5)cc4)c4ccccc4-c4ccccc43)cc2)ccc1Cl. The van der Waals surface area contributed by atoms with Crippen LogP contribution >= 0.6 is 23.2 Å². The molecule has 6 aromatic carbocycles. The van der Waals surface area contributed by atoms with Crippen LogP contribution in [0.3, 0.4) is 0 Å². The molecule has 0 atom stereocenters. The number of hydrogen-bond acceptors (Lipinski definition) is 4. The van der Waals surface area contributed by atoms with Gasteiger partial charge in [0, 0.05) is 21.4 Å². The van der Waals surface area contributed by atoms with E-state index in [2.05, 4.69) is 83.4 Å². The second kappa shape index (κ2) is 14.4. The van der Waals surface area contributed by atoms with Crippen LogP contribution in [0.25, 0.3) is 11.1 Å². The molecule has 0 radical (unpaired) electrons. The van der Waals surface area contributed by atoms with Gasteiger partial charge in [-0.05, 0) is 119 Å². The molecule has 2 amide bonds. The third-order valence-electron chi connectivity index (χ3n) is 9.15. The number of anilines is 2. The number of halogens is 2. The number of aryl methyl sites for hydroxylation is 2. The van der Waals surface area contributed by atoms with Crippen LogP contribution in [0.2, 0.25) is 10.0 Å². The Bertz CT molecular complexity index is 2090. The second-order valence-corrected chi connectivity index (χ2v) is 13.3. The molecule has 8 heteroatoms. The standard InChI is InChI=1S/C43H34Cl2N2O4/c1-27-23-33(19-21-39(27)44)50-25-41(48)46-31-15-11-29(12-16-31)43(37-9-5-3-7-35(37)36-8-4-6-10-38(36)43)30-13-17-32(18-14-30)47-42(49)26-51-34-20-22-40(45)28(2)24-34/h3-24H,25-26H2,1-2H3,(H,46,48)(H,47,49). The van der Waals surface area contributed by atoms with E-state index in [4.69, 9.17) is 32.7 Å². The first-order valence-corrected chi connectivity index (χ1v) is 17.3. The molecule has 254 valence electrons. The average Bonchev–Trinajstić information content (AvgIpc) is 3.44. The number of carbonyl (C=O) groups excluding carboxylic acids is 2. The monoisotopic (exact) mass is 712 g/mol. The largest absolute Gasteiger partial charge is 0.484 e. The van der Waals surface area contributed by atoms with Gasteiger partial charge in [0.25, 0.3) is 11.8 Å². The maximum Gasteiger partial charge on any atom is 0.262 e. The van der Waals surface area contributed by atoms with E-state index in [0.29, 0.717) is 32.9 Å². The summed E-state index contributed by atoms with van der Waals surface area (Å²) >= 11 is 12.2. The van der Waals surface area contributed by atoms with Gasteiger partial charge >= 0.3 is 0 Å². The van der Waals surface area contributed by atoms with Gasteiger partial charge < -0.3 is 20.1 Å². The Morgan fingerprint density at radius 1 is 0.549 bits per heavy atom. The van der Waals surface area contributed by atoms with Crippen molar-refractivity contribution in [3.05, 3.63) is 177 Å². The predicted octanol–water partition coefficient (Wildman–Crippen LogP) is 10.0. The highest BCUT2D eigenvalue weighted by atomic mass is 35.5. The minimum Gasteiger partial charge on any atom is -0.484 e. The van der Waals surface area contributed by atoms with Crippen LogP contribution in [0.1, 0.15) is 33.4 Å². The highest BCUT2D eigenvalue weighted by Crippen LogP contribution is 2.56. The van der Waals surface area contributed by atoms with Crippen LogP contribution in [0, 0.1) is 13.8 Å². The van der Waals surface area contributed by atoms with E-state index < -0.39 is 5.41 Å². The number of ether oxygens (including phenoxy) is 2. The smallest absolute Gasteiger partial charge is 0.262 e. The van der Waals surface area contributed by atoms with E-state index >= 15 is 0 Å². The molecule has 51 heavy (non-hydrogen) atoms. The number of amides is 2. The van der Waals surface area contributed by atoms with E-state index in [1.165, 1.54) is 0 Å². The maximum atomic E-state index is 12.8. The molecule has 6 aromatic rings. The van der Waals surface area contributed by atoms with E-state index in [9.17, 15) is 9.59 Å². The Hall–Kier alpha value is -5.56. The van der Waals surface area contributed by atoms with Gasteiger partial charge in [-0.15, -0.1) is 0 Å². The first kappa shape index (κ1) is 33.9. The summed E-state index contributed by atoms with van der Waals surface area (Å²) in [6, 6.07) is 43.4. The van der Waals surface area contributed by atoms with Gasteiger partial charge in [0.2, 0.25) is 0 Å². The van der Waals surface area contributed by atoms with Gasteiger partial charge in [0.15, 0.2) is 13.2 Å². The second-order valence-electron chi connectivity index (χ2n) is 12.5. The molecule has 0 heterocycles. The van der Waals surface area contributed by atoms with E-state index in [1.807, 2.05) is 38.1 Å². The summed E-state index contributed by atoms with van der Waals surface area (Å²) in [6.45, 7) is 3.50. The van der Waals surface area contributed by atoms with E-state index in [0.717, 1.165) is 44.5 Å². The number of rotatable bonds is 10. The molecule has 6 nitrogen and oxygen atoms in total. The summed E-state index contributed by atoms with van der Waals surface area (Å²) in [7, 11) is 0. The molecular weight excluding hydrogens is 679 g/mol. The Morgan fingerprint density at radius 3 is 1.33 bits per heavy atom. The number of nitrogens with one attached hydrogen (secondary N) is 2. The summed E-state index contributed by atoms with van der Waals surface area (Å²) in [5.41, 5.74) is 9.11. The lowest BCUT2D eigenvalue weighted by Crippen LogP contribution is -2.28. The zero-order chi connectivity index (χ0) is 35.5. The molecule has 0 fully saturated rings. The van der Waals surface area contributed by atoms with Gasteiger partial charge in [-0.1, -0.05) is 96.0 Å². The first-order valence-electron chi connectivity index (χ1n) is 16.5. The molecule has 2 N–H and O–H groups in total. The molecule has 7 rings (SSSR count). The normalized spacial score (nSPS) is 12.4. The summed E-state index contributed by atoms with van der Waals surface area (Å²) in [6.07, 6.45) is 0. The van der Waals surface area contributed by atoms with Gasteiger partial charge in [0.1, 0.15) is 11.5 Å². The molecule has 0 unspecified atom stereocenters. The van der Waals surface area contributed by atoms with Gasteiger partial charge in [-0.3, -0.25) is 9.59 Å². The highest BCUT2D eigenvalue weighted by molar-refractivity contribution is 6.31. The molecule has 1 aliphatic carbocycles. The summed E-state index contributed by atoms with van der Waals surface area (Å²) in [5, 5.41) is 7.19. The van der Waals surface area contributed by atoms with Crippen LogP contribution in [0.4, 0.5) is 11.4 Å². The molecule has 0 saturated carbocycles. The minimum atomic E-state index is -0.649. The number of carbonyl (C=O) groups is 2. The topological polar surface area (TPSA) is 76.7 Å². The van der Waals surface area contributed by atoms with E-state index in [1.54, 1.807) is 36.4 Å². The summed E-state index contributed by atoms with van der Waals surface area (Å²) < 4.78 is 11.4. The molecule has 0 aromatic heterocycles. The van der Waals surface area contributed by atoms with Crippen molar-refractivity contribution in [3.8, 4) is 22.6 Å². The zero-order valence-corrected chi connectivity index (χ0v) is 29.5. The van der Waals surface area contributed by atoms with Gasteiger partial charge in [-0.2, -0.15) is 0 Å². The third kappa shape index (κ3) is 6.81. The predicted molar refractivity (Wildman–Crippen MR) is 204 cm³/mol. The first-order chi connectivity index (χ1) is 24.7. The van der Waals surface area contributed by atoms with Crippen molar-refractivity contribution in [2.75, 3.05) is 23.8 Å². The van der Waals surface area contributed by atoms with E-state index in [-0.39, 0.29) is 25.0 Å². The fourth-order valence-corrected chi connectivity index (χ4v) is 6.97. The van der Waals surface area contributed by atoms with Crippen LogP contribution < -0.4 is 20.1 Å². The molecule has 0 aliphatic heterocycles.